The number of nitrogens with zero attached hydrogens (tertiary/aromatic N) is 3. The number of amides is 2. The molecule has 0 atom stereocenters. The SMILES string of the molecule is O=C1Nc2cncnc2N(CC(F)(F)F)N1. The Kier molecular flexibility index (Phi) is 2.29. The summed E-state index contributed by atoms with van der Waals surface area (Å²) in [6.07, 6.45) is -2.11. The topological polar surface area (TPSA) is 70.2 Å². The molecule has 6 nitrogen and oxygen atoms in total. The van der Waals surface area contributed by atoms with Crippen LogP contribution in [0.3, 0.4) is 0 Å². The molecular formula is C7H6F3N5O. The summed E-state index contributed by atoms with van der Waals surface area (Å²) in [5.74, 6) is -0.0214. The number of carbonyl (C=O) groups excluding carboxylic acids is 1. The van der Waals surface area contributed by atoms with Crippen LogP contribution in [0.4, 0.5) is 29.5 Å². The summed E-state index contributed by atoms with van der Waals surface area (Å²) in [7, 11) is 0. The highest BCUT2D eigenvalue weighted by molar-refractivity contribution is 5.96. The number of fused-ring (bicyclic) bond motifs is 1. The van der Waals surface area contributed by atoms with Gasteiger partial charge >= 0.3 is 12.2 Å². The molecule has 1 aromatic heterocycles. The number of urea groups is 1. The minimum atomic E-state index is -4.44. The van der Waals surface area contributed by atoms with Crippen LogP contribution in [0.15, 0.2) is 12.5 Å². The number of carbonyl (C=O) groups is 1. The van der Waals surface area contributed by atoms with E-state index in [4.69, 9.17) is 0 Å². The van der Waals surface area contributed by atoms with Crippen LogP contribution in [0, 0.1) is 0 Å². The fourth-order valence-electron chi connectivity index (χ4n) is 1.25. The van der Waals surface area contributed by atoms with Crippen LogP contribution in [0.5, 0.6) is 0 Å². The van der Waals surface area contributed by atoms with Crippen molar-refractivity contribution in [1.82, 2.24) is 15.4 Å². The fraction of sp³-hybridized carbons (Fsp3) is 0.286. The number of halogens is 3. The van der Waals surface area contributed by atoms with E-state index in [0.717, 1.165) is 6.33 Å². The number of hydrazine groups is 1. The Labute approximate surface area is 87.4 Å². The van der Waals surface area contributed by atoms with Crippen LogP contribution in [0.2, 0.25) is 0 Å². The molecule has 0 fully saturated rings. The molecule has 1 aliphatic rings. The maximum Gasteiger partial charge on any atom is 0.408 e. The summed E-state index contributed by atoms with van der Waals surface area (Å²) in [6, 6.07) is -0.758. The standard InChI is InChI=1S/C7H6F3N5O/c8-7(9,10)2-15-5-4(1-11-3-12-5)13-6(16)14-15/h1,3H,2H2,(H2,13,14,16). The van der Waals surface area contributed by atoms with Gasteiger partial charge in [-0.15, -0.1) is 0 Å². The van der Waals surface area contributed by atoms with Crippen molar-refractivity contribution in [3.63, 3.8) is 0 Å². The summed E-state index contributed by atoms with van der Waals surface area (Å²) < 4.78 is 36.6. The number of hydrogen-bond donors (Lipinski definition) is 2. The quantitative estimate of drug-likeness (QED) is 0.755. The second-order valence-electron chi connectivity index (χ2n) is 3.03. The van der Waals surface area contributed by atoms with Crippen molar-refractivity contribution in [2.45, 2.75) is 6.18 Å². The second kappa shape index (κ2) is 3.51. The molecule has 0 radical (unpaired) electrons. The van der Waals surface area contributed by atoms with Gasteiger partial charge in [0.15, 0.2) is 5.82 Å². The Morgan fingerprint density at radius 1 is 1.44 bits per heavy atom. The summed E-state index contributed by atoms with van der Waals surface area (Å²) in [4.78, 5) is 18.3. The second-order valence-corrected chi connectivity index (χ2v) is 3.03. The Morgan fingerprint density at radius 2 is 2.19 bits per heavy atom. The Hall–Kier alpha value is -2.06. The molecule has 2 heterocycles. The van der Waals surface area contributed by atoms with Gasteiger partial charge in [0.25, 0.3) is 0 Å². The van der Waals surface area contributed by atoms with E-state index < -0.39 is 18.8 Å². The van der Waals surface area contributed by atoms with E-state index in [9.17, 15) is 18.0 Å². The molecule has 1 aliphatic heterocycles. The van der Waals surface area contributed by atoms with E-state index in [-0.39, 0.29) is 11.5 Å². The van der Waals surface area contributed by atoms with Gasteiger partial charge in [-0.05, 0) is 0 Å². The van der Waals surface area contributed by atoms with E-state index in [0.29, 0.717) is 5.01 Å². The maximum absolute atomic E-state index is 12.2. The van der Waals surface area contributed by atoms with Gasteiger partial charge in [-0.25, -0.2) is 20.2 Å². The first kappa shape index (κ1) is 10.5. The van der Waals surface area contributed by atoms with Gasteiger partial charge in [0.05, 0.1) is 6.20 Å². The first-order valence-electron chi connectivity index (χ1n) is 4.17. The van der Waals surface area contributed by atoms with Gasteiger partial charge in [0, 0.05) is 0 Å². The Balaban J connectivity index is 2.30. The minimum Gasteiger partial charge on any atom is -0.302 e. The van der Waals surface area contributed by atoms with Crippen molar-refractivity contribution in [2.24, 2.45) is 0 Å². The molecule has 2 rings (SSSR count). The molecule has 0 aliphatic carbocycles. The third-order valence-corrected chi connectivity index (χ3v) is 1.77. The minimum absolute atomic E-state index is 0.0214. The smallest absolute Gasteiger partial charge is 0.302 e. The van der Waals surface area contributed by atoms with Crippen LogP contribution in [0.1, 0.15) is 0 Å². The molecule has 0 aromatic carbocycles. The van der Waals surface area contributed by atoms with Gasteiger partial charge in [0.2, 0.25) is 0 Å². The van der Waals surface area contributed by atoms with E-state index in [1.54, 1.807) is 0 Å². The number of alkyl halides is 3. The van der Waals surface area contributed by atoms with Gasteiger partial charge in [-0.3, -0.25) is 5.01 Å². The molecule has 86 valence electrons. The molecule has 0 saturated heterocycles. The zero-order chi connectivity index (χ0) is 11.8. The highest BCUT2D eigenvalue weighted by Crippen LogP contribution is 2.26. The van der Waals surface area contributed by atoms with E-state index in [1.165, 1.54) is 6.20 Å². The van der Waals surface area contributed by atoms with E-state index in [2.05, 4.69) is 15.3 Å². The Morgan fingerprint density at radius 3 is 2.88 bits per heavy atom. The van der Waals surface area contributed by atoms with Crippen LogP contribution in [-0.4, -0.2) is 28.7 Å². The highest BCUT2D eigenvalue weighted by atomic mass is 19.4. The maximum atomic E-state index is 12.2. The predicted octanol–water partition coefficient (Wildman–Crippen LogP) is 0.895. The number of hydrogen-bond acceptors (Lipinski definition) is 4. The van der Waals surface area contributed by atoms with Crippen LogP contribution >= 0.6 is 0 Å². The van der Waals surface area contributed by atoms with E-state index in [1.807, 2.05) is 5.43 Å². The lowest BCUT2D eigenvalue weighted by Crippen LogP contribution is -2.52. The zero-order valence-electron chi connectivity index (χ0n) is 7.75. The van der Waals surface area contributed by atoms with Crippen molar-refractivity contribution in [1.29, 1.82) is 0 Å². The first-order chi connectivity index (χ1) is 7.46. The zero-order valence-corrected chi connectivity index (χ0v) is 7.75. The van der Waals surface area contributed by atoms with Crippen molar-refractivity contribution < 1.29 is 18.0 Å². The summed E-state index contributed by atoms with van der Waals surface area (Å²) in [5.41, 5.74) is 2.14. The normalized spacial score (nSPS) is 15.2. The third-order valence-electron chi connectivity index (χ3n) is 1.77. The third kappa shape index (κ3) is 2.12. The van der Waals surface area contributed by atoms with Crippen LogP contribution < -0.4 is 15.8 Å². The average Bonchev–Trinajstić information content (AvgIpc) is 2.14. The molecule has 2 N–H and O–H groups in total. The molecule has 0 saturated carbocycles. The van der Waals surface area contributed by atoms with Gasteiger partial charge < -0.3 is 5.32 Å². The lowest BCUT2D eigenvalue weighted by molar-refractivity contribution is -0.120. The number of anilines is 2. The highest BCUT2D eigenvalue weighted by Gasteiger charge is 2.35. The van der Waals surface area contributed by atoms with Crippen molar-refractivity contribution >= 4 is 17.5 Å². The molecule has 0 spiro atoms. The predicted molar refractivity (Wildman–Crippen MR) is 47.6 cm³/mol. The lowest BCUT2D eigenvalue weighted by Gasteiger charge is -2.30. The first-order valence-corrected chi connectivity index (χ1v) is 4.17. The van der Waals surface area contributed by atoms with Crippen LogP contribution in [-0.2, 0) is 0 Å². The Bertz CT molecular complexity index is 421. The lowest BCUT2D eigenvalue weighted by atomic mass is 10.4. The fourth-order valence-corrected chi connectivity index (χ4v) is 1.25. The molecule has 0 unspecified atom stereocenters. The van der Waals surface area contributed by atoms with Crippen LogP contribution in [0.25, 0.3) is 0 Å². The number of rotatable bonds is 1. The van der Waals surface area contributed by atoms with Crippen molar-refractivity contribution in [3.05, 3.63) is 12.5 Å². The molecular weight excluding hydrogens is 227 g/mol. The monoisotopic (exact) mass is 233 g/mol. The largest absolute Gasteiger partial charge is 0.408 e. The summed E-state index contributed by atoms with van der Waals surface area (Å²) in [6.45, 7) is -1.32. The van der Waals surface area contributed by atoms with E-state index >= 15 is 0 Å². The number of nitrogens with one attached hydrogen (secondary N) is 2. The number of aromatic nitrogens is 2. The van der Waals surface area contributed by atoms with Gasteiger partial charge in [0.1, 0.15) is 18.6 Å². The average molecular weight is 233 g/mol. The van der Waals surface area contributed by atoms with Gasteiger partial charge in [-0.2, -0.15) is 13.2 Å². The summed E-state index contributed by atoms with van der Waals surface area (Å²) in [5, 5.41) is 2.91. The molecule has 16 heavy (non-hydrogen) atoms. The molecule has 9 heteroatoms. The van der Waals surface area contributed by atoms with Crippen molar-refractivity contribution in [3.8, 4) is 0 Å². The summed E-state index contributed by atoms with van der Waals surface area (Å²) >= 11 is 0. The molecule has 0 bridgehead atoms. The molecule has 2 amide bonds. The molecule has 1 aromatic rings. The van der Waals surface area contributed by atoms with Gasteiger partial charge in [-0.1, -0.05) is 0 Å². The van der Waals surface area contributed by atoms with Crippen molar-refractivity contribution in [2.75, 3.05) is 16.9 Å².